The number of amides is 1. The van der Waals surface area contributed by atoms with E-state index in [2.05, 4.69) is 22.1 Å². The van der Waals surface area contributed by atoms with Crippen molar-refractivity contribution in [3.8, 4) is 0 Å². The lowest BCUT2D eigenvalue weighted by molar-refractivity contribution is -0.589. The minimum absolute atomic E-state index is 0.0519. The number of nitrogens with zero attached hydrogens (tertiary/aromatic N) is 6. The van der Waals surface area contributed by atoms with E-state index >= 15 is 0 Å². The highest BCUT2D eigenvalue weighted by molar-refractivity contribution is 5.83. The van der Waals surface area contributed by atoms with E-state index in [1.54, 1.807) is 34.1 Å². The first-order chi connectivity index (χ1) is 21.6. The minimum atomic E-state index is -0.546. The Labute approximate surface area is 264 Å². The van der Waals surface area contributed by atoms with Crippen molar-refractivity contribution in [2.24, 2.45) is 0 Å². The van der Waals surface area contributed by atoms with Gasteiger partial charge >= 0.3 is 12.0 Å². The molecule has 0 bridgehead atoms. The molecule has 242 valence electrons. The van der Waals surface area contributed by atoms with Crippen LogP contribution < -0.4 is 20.5 Å². The van der Waals surface area contributed by atoms with Crippen molar-refractivity contribution in [1.82, 2.24) is 19.4 Å². The summed E-state index contributed by atoms with van der Waals surface area (Å²) in [7, 11) is 0. The molecule has 3 aromatic heterocycles. The van der Waals surface area contributed by atoms with E-state index in [0.29, 0.717) is 44.0 Å². The number of carbonyl (C=O) groups is 1. The van der Waals surface area contributed by atoms with Gasteiger partial charge in [-0.15, -0.1) is 0 Å². The number of hydrogen-bond donors (Lipinski definition) is 1. The number of fused-ring (bicyclic) bond motifs is 1. The summed E-state index contributed by atoms with van der Waals surface area (Å²) < 4.78 is 13.7. The number of rotatable bonds is 9. The molecular weight excluding hydrogens is 574 g/mol. The molecule has 3 aromatic rings. The largest absolute Gasteiger partial charge is 0.711 e. The molecule has 5 rings (SSSR count). The third-order valence-electron chi connectivity index (χ3n) is 8.33. The van der Waals surface area contributed by atoms with E-state index in [1.165, 1.54) is 6.20 Å². The third kappa shape index (κ3) is 7.49. The molecule has 1 aliphatic carbocycles. The molecule has 12 heteroatoms. The predicted molar refractivity (Wildman–Crippen MR) is 175 cm³/mol. The fraction of sp³-hybridized carbons (Fsp3) is 0.545. The van der Waals surface area contributed by atoms with Crippen LogP contribution in [0.3, 0.4) is 0 Å². The first-order valence-corrected chi connectivity index (χ1v) is 16.0. The molecular formula is C33H45N7O5. The maximum Gasteiger partial charge on any atom is 0.410 e. The predicted octanol–water partition coefficient (Wildman–Crippen LogP) is 5.44. The molecule has 4 heterocycles. The summed E-state index contributed by atoms with van der Waals surface area (Å²) in [5, 5.41) is 16.9. The van der Waals surface area contributed by atoms with Crippen LogP contribution in [-0.2, 0) is 9.47 Å². The maximum absolute atomic E-state index is 13.8. The van der Waals surface area contributed by atoms with Gasteiger partial charge in [0.05, 0.1) is 18.6 Å². The first-order valence-electron chi connectivity index (χ1n) is 16.0. The van der Waals surface area contributed by atoms with Crippen LogP contribution in [0.15, 0.2) is 35.6 Å². The smallest absolute Gasteiger partial charge is 0.410 e. The van der Waals surface area contributed by atoms with Gasteiger partial charge in [-0.05, 0) is 64.7 Å². The Morgan fingerprint density at radius 3 is 2.58 bits per heavy atom. The van der Waals surface area contributed by atoms with Crippen LogP contribution in [0.2, 0.25) is 0 Å². The zero-order valence-electron chi connectivity index (χ0n) is 27.0. The molecule has 1 saturated carbocycles. The Kier molecular flexibility index (Phi) is 9.79. The van der Waals surface area contributed by atoms with Gasteiger partial charge in [-0.1, -0.05) is 26.2 Å². The Hall–Kier alpha value is -4.35. The molecule has 0 unspecified atom stereocenters. The zero-order valence-corrected chi connectivity index (χ0v) is 27.0. The zero-order chi connectivity index (χ0) is 32.1. The van der Waals surface area contributed by atoms with E-state index in [1.807, 2.05) is 33.8 Å². The summed E-state index contributed by atoms with van der Waals surface area (Å²) in [5.74, 6) is 0.503. The quantitative estimate of drug-likeness (QED) is 0.144. The maximum atomic E-state index is 13.8. The fourth-order valence-electron chi connectivity index (χ4n) is 5.86. The standard InChI is InChI=1S/C33H45N7O5/c1-6-7-19-44-20-14-26-23(2)27-21-34-31(36-29(27)40(30(26)41)24-10-8-9-11-24)35-28-13-12-25(22-39(28)43)37-15-17-38(18-16-37)32(42)45-33(3,4)5/h12-14,20-22,24H,6-11,15-19H2,1-5H3,(H,34,35,36)/b20-14+. The summed E-state index contributed by atoms with van der Waals surface area (Å²) in [6, 6.07) is 3.61. The van der Waals surface area contributed by atoms with Gasteiger partial charge in [-0.25, -0.2) is 14.8 Å². The van der Waals surface area contributed by atoms with Gasteiger partial charge in [0.15, 0.2) is 5.65 Å². The van der Waals surface area contributed by atoms with Crippen LogP contribution in [0.5, 0.6) is 0 Å². The Morgan fingerprint density at radius 1 is 1.18 bits per heavy atom. The number of carbonyl (C=O) groups excluding carboxylic acids is 1. The van der Waals surface area contributed by atoms with Crippen LogP contribution in [0, 0.1) is 12.1 Å². The number of nitrogens with one attached hydrogen (secondary N) is 1. The lowest BCUT2D eigenvalue weighted by atomic mass is 10.1. The summed E-state index contributed by atoms with van der Waals surface area (Å²) in [4.78, 5) is 39.3. The van der Waals surface area contributed by atoms with E-state index in [9.17, 15) is 14.8 Å². The van der Waals surface area contributed by atoms with Crippen LogP contribution in [0.25, 0.3) is 17.1 Å². The van der Waals surface area contributed by atoms with E-state index in [0.717, 1.165) is 59.9 Å². The molecule has 1 amide bonds. The normalized spacial score (nSPS) is 16.1. The number of ether oxygens (including phenoxy) is 2. The van der Waals surface area contributed by atoms with Gasteiger partial charge in [-0.2, -0.15) is 9.97 Å². The summed E-state index contributed by atoms with van der Waals surface area (Å²) in [6.45, 7) is 12.3. The van der Waals surface area contributed by atoms with Gasteiger partial charge in [0.25, 0.3) is 11.4 Å². The molecule has 0 aromatic carbocycles. The van der Waals surface area contributed by atoms with Crippen LogP contribution in [0.4, 0.5) is 22.2 Å². The molecule has 12 nitrogen and oxygen atoms in total. The topological polar surface area (TPSA) is 129 Å². The van der Waals surface area contributed by atoms with Gasteiger partial charge in [-0.3, -0.25) is 9.36 Å². The highest BCUT2D eigenvalue weighted by Crippen LogP contribution is 2.32. The molecule has 1 aliphatic heterocycles. The number of aryl methyl sites for hydroxylation is 1. The summed E-state index contributed by atoms with van der Waals surface area (Å²) in [5.41, 5.74) is 2.04. The molecule has 0 atom stereocenters. The van der Waals surface area contributed by atoms with Crippen molar-refractivity contribution in [2.75, 3.05) is 43.0 Å². The van der Waals surface area contributed by atoms with Crippen LogP contribution in [-0.4, -0.2) is 63.9 Å². The monoisotopic (exact) mass is 619 g/mol. The van der Waals surface area contributed by atoms with Crippen molar-refractivity contribution in [2.45, 2.75) is 84.8 Å². The summed E-state index contributed by atoms with van der Waals surface area (Å²) >= 11 is 0. The van der Waals surface area contributed by atoms with Gasteiger partial charge in [0.1, 0.15) is 11.8 Å². The lowest BCUT2D eigenvalue weighted by Gasteiger charge is -2.36. The van der Waals surface area contributed by atoms with Crippen molar-refractivity contribution < 1.29 is 19.0 Å². The average Bonchev–Trinajstić information content (AvgIpc) is 3.53. The van der Waals surface area contributed by atoms with Gasteiger partial charge in [0, 0.05) is 55.4 Å². The minimum Gasteiger partial charge on any atom is -0.711 e. The Morgan fingerprint density at radius 2 is 1.91 bits per heavy atom. The van der Waals surface area contributed by atoms with E-state index in [4.69, 9.17) is 14.5 Å². The fourth-order valence-corrected chi connectivity index (χ4v) is 5.86. The second-order valence-electron chi connectivity index (χ2n) is 12.8. The number of piperazine rings is 1. The summed E-state index contributed by atoms with van der Waals surface area (Å²) in [6.07, 6.45) is 12.2. The van der Waals surface area contributed by atoms with E-state index in [-0.39, 0.29) is 29.5 Å². The highest BCUT2D eigenvalue weighted by atomic mass is 16.6. The lowest BCUT2D eigenvalue weighted by Crippen LogP contribution is -2.50. The first kappa shape index (κ1) is 32.1. The second-order valence-corrected chi connectivity index (χ2v) is 12.8. The molecule has 0 spiro atoms. The van der Waals surface area contributed by atoms with Gasteiger partial charge in [0.2, 0.25) is 0 Å². The van der Waals surface area contributed by atoms with Crippen molar-refractivity contribution in [1.29, 1.82) is 0 Å². The van der Waals surface area contributed by atoms with Crippen molar-refractivity contribution >= 4 is 40.7 Å². The number of anilines is 3. The molecule has 2 fully saturated rings. The molecule has 1 saturated heterocycles. The van der Waals surface area contributed by atoms with Crippen molar-refractivity contribution in [3.05, 3.63) is 57.5 Å². The number of unbranched alkanes of at least 4 members (excludes halogenated alkanes) is 1. The number of pyridine rings is 2. The van der Waals surface area contributed by atoms with Crippen molar-refractivity contribution in [3.63, 3.8) is 0 Å². The van der Waals surface area contributed by atoms with Crippen LogP contribution >= 0.6 is 0 Å². The third-order valence-corrected chi connectivity index (χ3v) is 8.33. The Balaban J connectivity index is 1.35. The number of aromatic nitrogens is 4. The van der Waals surface area contributed by atoms with Crippen LogP contribution in [0.1, 0.15) is 83.4 Å². The molecule has 45 heavy (non-hydrogen) atoms. The second kappa shape index (κ2) is 13.7. The van der Waals surface area contributed by atoms with E-state index < -0.39 is 5.60 Å². The number of hydrogen-bond acceptors (Lipinski definition) is 9. The Bertz CT molecular complexity index is 1600. The van der Waals surface area contributed by atoms with Gasteiger partial charge < -0.3 is 24.5 Å². The molecule has 2 aliphatic rings. The highest BCUT2D eigenvalue weighted by Gasteiger charge is 2.27. The average molecular weight is 620 g/mol. The SMILES string of the molecule is CCCCO/C=C/c1c(C)c2cnc(Nc3ccc(N4CCN(C(=O)OC(C)(C)C)CC4)c[n+]3[O-])nc2n(C2CCCC2)c1=O. The molecule has 0 radical (unpaired) electrons. The molecule has 1 N–H and O–H groups in total.